The van der Waals surface area contributed by atoms with Crippen LogP contribution in [0.4, 0.5) is 0 Å². The highest BCUT2D eigenvalue weighted by Gasteiger charge is 2.16. The molecule has 3 nitrogen and oxygen atoms in total. The molecule has 1 unspecified atom stereocenters. The summed E-state index contributed by atoms with van der Waals surface area (Å²) in [5, 5.41) is 10.2. The molecule has 0 aromatic heterocycles. The van der Waals surface area contributed by atoms with Gasteiger partial charge < -0.3 is 15.6 Å². The van der Waals surface area contributed by atoms with Crippen LogP contribution >= 0.6 is 0 Å². The van der Waals surface area contributed by atoms with Gasteiger partial charge in [0, 0.05) is 0 Å². The van der Waals surface area contributed by atoms with E-state index in [1.165, 1.54) is 38.5 Å². The van der Waals surface area contributed by atoms with Crippen LogP contribution in [0.15, 0.2) is 24.3 Å². The normalized spacial score (nSPS) is 19.8. The first-order valence-electron chi connectivity index (χ1n) is 8.31. The molecule has 2 atom stereocenters. The molecule has 21 heavy (non-hydrogen) atoms. The van der Waals surface area contributed by atoms with Crippen LogP contribution in [0.3, 0.4) is 0 Å². The van der Waals surface area contributed by atoms with E-state index in [4.69, 9.17) is 10.5 Å². The van der Waals surface area contributed by atoms with E-state index >= 15 is 0 Å². The molecule has 0 heterocycles. The van der Waals surface area contributed by atoms with Crippen LogP contribution in [-0.4, -0.2) is 18.3 Å². The first kappa shape index (κ1) is 16.3. The Morgan fingerprint density at radius 1 is 1.24 bits per heavy atom. The number of hydrogen-bond donors (Lipinski definition) is 2. The Bertz CT molecular complexity index is 413. The molecule has 118 valence electrons. The van der Waals surface area contributed by atoms with Crippen LogP contribution in [0.25, 0.3) is 0 Å². The highest BCUT2D eigenvalue weighted by molar-refractivity contribution is 5.30. The molecule has 2 rings (SSSR count). The number of aliphatic hydroxyl groups is 1. The number of nitrogens with two attached hydrogens (primary N) is 1. The second-order valence-electron chi connectivity index (χ2n) is 6.40. The molecular formula is C18H29NO2. The molecule has 0 spiro atoms. The number of hydrogen-bond acceptors (Lipinski definition) is 3. The quantitative estimate of drug-likeness (QED) is 0.786. The first-order valence-corrected chi connectivity index (χ1v) is 8.31. The van der Waals surface area contributed by atoms with Crippen LogP contribution in [0.2, 0.25) is 0 Å². The molecule has 1 saturated carbocycles. The van der Waals surface area contributed by atoms with Gasteiger partial charge in [0.15, 0.2) is 0 Å². The van der Waals surface area contributed by atoms with E-state index in [2.05, 4.69) is 0 Å². The number of aliphatic hydroxyl groups excluding tert-OH is 1. The summed E-state index contributed by atoms with van der Waals surface area (Å²) < 4.78 is 5.96. The fraction of sp³-hybridized carbons (Fsp3) is 0.667. The Morgan fingerprint density at radius 2 is 1.95 bits per heavy atom. The van der Waals surface area contributed by atoms with Crippen molar-refractivity contribution in [3.05, 3.63) is 29.8 Å². The maximum atomic E-state index is 10.2. The van der Waals surface area contributed by atoms with Gasteiger partial charge in [-0.25, -0.2) is 0 Å². The Kier molecular flexibility index (Phi) is 6.52. The van der Waals surface area contributed by atoms with Gasteiger partial charge in [-0.2, -0.15) is 0 Å². The van der Waals surface area contributed by atoms with Gasteiger partial charge in [0.1, 0.15) is 5.75 Å². The topological polar surface area (TPSA) is 55.5 Å². The van der Waals surface area contributed by atoms with Crippen molar-refractivity contribution in [1.29, 1.82) is 0 Å². The highest BCUT2D eigenvalue weighted by Crippen LogP contribution is 2.27. The van der Waals surface area contributed by atoms with Crippen LogP contribution in [0.5, 0.6) is 5.75 Å². The molecule has 0 saturated heterocycles. The summed E-state index contributed by atoms with van der Waals surface area (Å²) in [6, 6.07) is 7.81. The van der Waals surface area contributed by atoms with Gasteiger partial charge in [-0.15, -0.1) is 0 Å². The van der Waals surface area contributed by atoms with Crippen molar-refractivity contribution in [1.82, 2.24) is 0 Å². The standard InChI is InChI=1S/C18H29NO2/c1-14(12-19)18(20)16-9-6-10-17(11-16)21-13-15-7-4-2-3-5-8-15/h6,9-11,14-15,18,20H,2-5,7-8,12-13,19H2,1H3/t14-,18?/m1/s1. The molecule has 0 radical (unpaired) electrons. The molecule has 3 heteroatoms. The maximum Gasteiger partial charge on any atom is 0.119 e. The van der Waals surface area contributed by atoms with Crippen LogP contribution < -0.4 is 10.5 Å². The molecule has 0 aliphatic heterocycles. The van der Waals surface area contributed by atoms with E-state index in [0.29, 0.717) is 12.5 Å². The van der Waals surface area contributed by atoms with Crippen molar-refractivity contribution in [2.75, 3.05) is 13.2 Å². The summed E-state index contributed by atoms with van der Waals surface area (Å²) in [6.45, 7) is 3.24. The number of ether oxygens (including phenoxy) is 1. The Labute approximate surface area is 128 Å². The number of benzene rings is 1. The largest absolute Gasteiger partial charge is 0.493 e. The minimum Gasteiger partial charge on any atom is -0.493 e. The summed E-state index contributed by atoms with van der Waals surface area (Å²) in [4.78, 5) is 0. The van der Waals surface area contributed by atoms with Crippen molar-refractivity contribution < 1.29 is 9.84 Å². The second kappa shape index (κ2) is 8.40. The number of rotatable bonds is 6. The summed E-state index contributed by atoms with van der Waals surface area (Å²) in [7, 11) is 0. The Morgan fingerprint density at radius 3 is 2.62 bits per heavy atom. The average molecular weight is 291 g/mol. The maximum absolute atomic E-state index is 10.2. The average Bonchev–Trinajstić information content (AvgIpc) is 2.80. The van der Waals surface area contributed by atoms with E-state index in [0.717, 1.165) is 17.9 Å². The Balaban J connectivity index is 1.91. The van der Waals surface area contributed by atoms with Crippen LogP contribution in [0.1, 0.15) is 57.1 Å². The SMILES string of the molecule is C[C@H](CN)C(O)c1cccc(OCC2CCCCCC2)c1. The third kappa shape index (κ3) is 5.01. The summed E-state index contributed by atoms with van der Waals surface area (Å²) in [6.07, 6.45) is 7.46. The molecule has 1 aliphatic rings. The van der Waals surface area contributed by atoms with Gasteiger partial charge in [0.05, 0.1) is 12.7 Å². The predicted octanol–water partition coefficient (Wildman–Crippen LogP) is 3.66. The minimum atomic E-state index is -0.517. The van der Waals surface area contributed by atoms with Gasteiger partial charge in [-0.1, -0.05) is 44.7 Å². The van der Waals surface area contributed by atoms with Crippen molar-refractivity contribution >= 4 is 0 Å². The van der Waals surface area contributed by atoms with Crippen molar-refractivity contribution in [2.45, 2.75) is 51.6 Å². The van der Waals surface area contributed by atoms with Crippen molar-refractivity contribution in [3.8, 4) is 5.75 Å². The smallest absolute Gasteiger partial charge is 0.119 e. The summed E-state index contributed by atoms with van der Waals surface area (Å²) >= 11 is 0. The highest BCUT2D eigenvalue weighted by atomic mass is 16.5. The van der Waals surface area contributed by atoms with Crippen LogP contribution in [0, 0.1) is 11.8 Å². The lowest BCUT2D eigenvalue weighted by Crippen LogP contribution is -2.19. The zero-order chi connectivity index (χ0) is 15.1. The molecule has 0 bridgehead atoms. The molecule has 1 aromatic rings. The van der Waals surface area contributed by atoms with Gasteiger partial charge in [-0.3, -0.25) is 0 Å². The van der Waals surface area contributed by atoms with Crippen LogP contribution in [-0.2, 0) is 0 Å². The summed E-state index contributed by atoms with van der Waals surface area (Å²) in [5.74, 6) is 1.60. The fourth-order valence-electron chi connectivity index (χ4n) is 2.99. The fourth-order valence-corrected chi connectivity index (χ4v) is 2.99. The van der Waals surface area contributed by atoms with E-state index in [1.807, 2.05) is 31.2 Å². The third-order valence-corrected chi connectivity index (χ3v) is 4.57. The van der Waals surface area contributed by atoms with E-state index in [1.54, 1.807) is 0 Å². The second-order valence-corrected chi connectivity index (χ2v) is 6.40. The monoisotopic (exact) mass is 291 g/mol. The molecule has 1 aromatic carbocycles. The molecule has 0 amide bonds. The van der Waals surface area contributed by atoms with Crippen molar-refractivity contribution in [2.24, 2.45) is 17.6 Å². The Hall–Kier alpha value is -1.06. The van der Waals surface area contributed by atoms with E-state index in [9.17, 15) is 5.11 Å². The first-order chi connectivity index (χ1) is 10.2. The van der Waals surface area contributed by atoms with E-state index < -0.39 is 6.10 Å². The van der Waals surface area contributed by atoms with Gasteiger partial charge in [-0.05, 0) is 48.9 Å². The van der Waals surface area contributed by atoms with E-state index in [-0.39, 0.29) is 5.92 Å². The summed E-state index contributed by atoms with van der Waals surface area (Å²) in [5.41, 5.74) is 6.52. The molecule has 3 N–H and O–H groups in total. The lowest BCUT2D eigenvalue weighted by Gasteiger charge is -2.19. The van der Waals surface area contributed by atoms with Gasteiger partial charge in [0.2, 0.25) is 0 Å². The zero-order valence-electron chi connectivity index (χ0n) is 13.1. The minimum absolute atomic E-state index is 0.0575. The third-order valence-electron chi connectivity index (χ3n) is 4.57. The predicted molar refractivity (Wildman–Crippen MR) is 86.3 cm³/mol. The van der Waals surface area contributed by atoms with Crippen molar-refractivity contribution in [3.63, 3.8) is 0 Å². The lowest BCUT2D eigenvalue weighted by atomic mass is 9.97. The van der Waals surface area contributed by atoms with Gasteiger partial charge >= 0.3 is 0 Å². The molecule has 1 aliphatic carbocycles. The molecule has 1 fully saturated rings. The van der Waals surface area contributed by atoms with Gasteiger partial charge in [0.25, 0.3) is 0 Å². The zero-order valence-corrected chi connectivity index (χ0v) is 13.1. The lowest BCUT2D eigenvalue weighted by molar-refractivity contribution is 0.121. The molecular weight excluding hydrogens is 262 g/mol.